The molecular weight excluding hydrogens is 1170 g/mol. The first-order chi connectivity index (χ1) is 33.7. The molecule has 2 saturated heterocycles. The zero-order chi connectivity index (χ0) is 50.6. The number of thioether (sulfide) groups is 1. The number of anilines is 6. The monoisotopic (exact) mass is 1230 g/mol. The van der Waals surface area contributed by atoms with Crippen molar-refractivity contribution in [3.63, 3.8) is 0 Å². The number of hydrogen-bond acceptors (Lipinski definition) is 14. The quantitative estimate of drug-likeness (QED) is 0.0140. The number of rotatable bonds is 16. The summed E-state index contributed by atoms with van der Waals surface area (Å²) >= 11 is 10.7. The van der Waals surface area contributed by atoms with Crippen LogP contribution in [0.2, 0.25) is 0 Å². The van der Waals surface area contributed by atoms with Crippen molar-refractivity contribution >= 4 is 134 Å². The summed E-state index contributed by atoms with van der Waals surface area (Å²) in [6.45, 7) is 13.6. The van der Waals surface area contributed by atoms with E-state index in [4.69, 9.17) is 33.2 Å². The van der Waals surface area contributed by atoms with Crippen LogP contribution in [0.4, 0.5) is 51.3 Å². The summed E-state index contributed by atoms with van der Waals surface area (Å²) in [4.78, 5) is 41.7. The Bertz CT molecular complexity index is 2530. The zero-order valence-corrected chi connectivity index (χ0v) is 47.3. The summed E-state index contributed by atoms with van der Waals surface area (Å²) in [5.41, 5.74) is 16.0. The maximum atomic E-state index is 13.5. The molecule has 74 heavy (non-hydrogen) atoms. The molecule has 1 aromatic heterocycles. The topological polar surface area (TPSA) is 167 Å². The van der Waals surface area contributed by atoms with Crippen molar-refractivity contribution in [3.8, 4) is 0 Å². The smallest absolute Gasteiger partial charge is 0.206 e. The first kappa shape index (κ1) is 67.7. The number of methoxy groups -OCH3 is 2. The highest BCUT2D eigenvalue weighted by Crippen LogP contribution is 2.31. The maximum absolute atomic E-state index is 13.5. The lowest BCUT2D eigenvalue weighted by Crippen LogP contribution is -2.47. The molecule has 2 aliphatic heterocycles. The molecule has 5 aromatic rings. The molecule has 0 saturated carbocycles. The zero-order valence-electron chi connectivity index (χ0n) is 40.2. The Morgan fingerprint density at radius 3 is 1.66 bits per heavy atom. The Morgan fingerprint density at radius 2 is 1.22 bits per heavy atom. The average Bonchev–Trinajstić information content (AvgIpc) is 3.74. The molecule has 1 atom stereocenters. The third kappa shape index (κ3) is 21.4. The second-order valence-electron chi connectivity index (χ2n) is 15.6. The number of Topliss-reactive ketones (excluding diaryl/α,β-unsaturated/α-hetero) is 1. The van der Waals surface area contributed by atoms with Gasteiger partial charge in [0.15, 0.2) is 44.5 Å². The fraction of sp³-hybridized carbons (Fsp3) is 0.380. The van der Waals surface area contributed by atoms with E-state index in [9.17, 15) is 27.2 Å². The van der Waals surface area contributed by atoms with Crippen molar-refractivity contribution in [2.45, 2.75) is 21.8 Å². The number of halogens is 6. The van der Waals surface area contributed by atoms with Gasteiger partial charge in [0.2, 0.25) is 5.78 Å². The number of ketones is 2. The molecule has 2 aliphatic rings. The van der Waals surface area contributed by atoms with Crippen molar-refractivity contribution in [2.24, 2.45) is 10.7 Å². The van der Waals surface area contributed by atoms with Crippen LogP contribution in [0.15, 0.2) is 89.9 Å². The number of nitrogens with two attached hydrogens (primary N) is 2. The largest absolute Gasteiger partial charge is 0.383 e. The van der Waals surface area contributed by atoms with Gasteiger partial charge in [-0.2, -0.15) is 14.9 Å². The minimum Gasteiger partial charge on any atom is -0.383 e. The molecular formula is C50H69Br2F4N10O4PS3. The van der Waals surface area contributed by atoms with Crippen LogP contribution < -0.4 is 31.9 Å². The molecule has 0 aliphatic carbocycles. The van der Waals surface area contributed by atoms with Gasteiger partial charge in [0, 0.05) is 114 Å². The summed E-state index contributed by atoms with van der Waals surface area (Å²) in [6.07, 6.45) is 0. The van der Waals surface area contributed by atoms with E-state index in [0.717, 1.165) is 137 Å². The molecule has 14 nitrogen and oxygen atoms in total. The lowest BCUT2D eigenvalue weighted by Gasteiger charge is -2.36. The van der Waals surface area contributed by atoms with E-state index in [-0.39, 0.29) is 74.7 Å². The molecule has 0 spiro atoms. The number of nitrogens with zero attached hydrogens (tertiary/aromatic N) is 6. The van der Waals surface area contributed by atoms with E-state index in [1.807, 2.05) is 43.3 Å². The van der Waals surface area contributed by atoms with Gasteiger partial charge in [0.1, 0.15) is 10.7 Å². The Labute approximate surface area is 468 Å². The number of carbonyl (C=O) groups is 2. The SMILES string of the molecule is Br.C.C.CCSC(N)=NC(=S)Nc1ccc(N2CCN(CCOC)CC2)cc1.COCCN1CCN(c2ccc(Nc3nc(N)c(C(=O)c4ccc(F)c(F)c4)s3)cc2)CC1.O=C(CBr)c1ccc(F)c(F)c1.P. The second kappa shape index (κ2) is 35.1. The van der Waals surface area contributed by atoms with Crippen LogP contribution in [-0.2, 0) is 9.47 Å². The van der Waals surface area contributed by atoms with E-state index < -0.39 is 29.1 Å². The van der Waals surface area contributed by atoms with Gasteiger partial charge >= 0.3 is 0 Å². The van der Waals surface area contributed by atoms with Crippen molar-refractivity contribution in [1.29, 1.82) is 0 Å². The number of aliphatic imine (C=N–C) groups is 1. The fourth-order valence-corrected chi connectivity index (χ4v) is 8.95. The molecule has 408 valence electrons. The Kier molecular flexibility index (Phi) is 32.1. The minimum absolute atomic E-state index is 0. The lowest BCUT2D eigenvalue weighted by atomic mass is 10.1. The number of ether oxygens (including phenoxy) is 2. The van der Waals surface area contributed by atoms with Crippen LogP contribution in [-0.4, -0.2) is 141 Å². The predicted octanol–water partition coefficient (Wildman–Crippen LogP) is 10.4. The van der Waals surface area contributed by atoms with Crippen LogP contribution in [0.1, 0.15) is 47.4 Å². The van der Waals surface area contributed by atoms with E-state index in [1.165, 1.54) is 29.6 Å². The van der Waals surface area contributed by atoms with Crippen LogP contribution >= 0.6 is 78.1 Å². The molecule has 3 heterocycles. The molecule has 2 fully saturated rings. The Morgan fingerprint density at radius 1 is 0.757 bits per heavy atom. The van der Waals surface area contributed by atoms with Gasteiger partial charge in [-0.25, -0.2) is 22.5 Å². The maximum Gasteiger partial charge on any atom is 0.206 e. The summed E-state index contributed by atoms with van der Waals surface area (Å²) < 4.78 is 61.8. The highest BCUT2D eigenvalue weighted by Gasteiger charge is 2.21. The summed E-state index contributed by atoms with van der Waals surface area (Å²) in [6, 6.07) is 22.3. The summed E-state index contributed by atoms with van der Waals surface area (Å²) in [5, 5.41) is 7.68. The van der Waals surface area contributed by atoms with E-state index in [0.29, 0.717) is 15.4 Å². The number of thiazole rings is 1. The fourth-order valence-electron chi connectivity index (χ4n) is 7.03. The lowest BCUT2D eigenvalue weighted by molar-refractivity contribution is 0.102. The molecule has 6 N–H and O–H groups in total. The third-order valence-corrected chi connectivity index (χ3v) is 13.2. The Hall–Kier alpha value is -4.29. The molecule has 1 unspecified atom stereocenters. The number of amidine groups is 1. The van der Waals surface area contributed by atoms with Gasteiger partial charge in [-0.15, -0.1) is 17.0 Å². The van der Waals surface area contributed by atoms with E-state index >= 15 is 0 Å². The van der Waals surface area contributed by atoms with Gasteiger partial charge in [0.05, 0.1) is 18.5 Å². The minimum atomic E-state index is -1.08. The van der Waals surface area contributed by atoms with Crippen molar-refractivity contribution in [1.82, 2.24) is 14.8 Å². The first-order valence-electron chi connectivity index (χ1n) is 22.2. The van der Waals surface area contributed by atoms with E-state index in [2.05, 4.69) is 68.3 Å². The van der Waals surface area contributed by atoms with Crippen molar-refractivity contribution < 1.29 is 36.6 Å². The molecule has 4 aromatic carbocycles. The van der Waals surface area contributed by atoms with E-state index in [1.54, 1.807) is 14.2 Å². The van der Waals surface area contributed by atoms with Crippen LogP contribution in [0, 0.1) is 23.3 Å². The van der Waals surface area contributed by atoms with Gasteiger partial charge < -0.3 is 41.4 Å². The van der Waals surface area contributed by atoms with Crippen LogP contribution in [0.3, 0.4) is 0 Å². The van der Waals surface area contributed by atoms with Crippen molar-refractivity contribution in [3.05, 3.63) is 124 Å². The number of nitrogen functional groups attached to an aromatic ring is 1. The van der Waals surface area contributed by atoms with Crippen molar-refractivity contribution in [2.75, 3.05) is 130 Å². The predicted molar refractivity (Wildman–Crippen MR) is 319 cm³/mol. The highest BCUT2D eigenvalue weighted by molar-refractivity contribution is 9.09. The van der Waals surface area contributed by atoms with Gasteiger partial charge in [0.25, 0.3) is 0 Å². The molecule has 7 rings (SSSR count). The van der Waals surface area contributed by atoms with Gasteiger partial charge in [-0.1, -0.05) is 60.8 Å². The molecule has 0 radical (unpaired) electrons. The number of thiocarbonyl (C=S) groups is 1. The molecule has 0 amide bonds. The Balaban J connectivity index is 0.000000593. The number of nitrogens with one attached hydrogen (secondary N) is 2. The standard InChI is InChI=1S/C23H25F2N5O2S.C17H27N5OS2.C8H5BrF2O.2CH4.BrH.H3P/c1-32-13-12-29-8-10-30(11-9-29)17-5-3-16(4-6-17)27-23-28-22(26)21(33-23)20(31)15-2-7-18(24)19(25)14-15;1-3-25-16(18)20-17(24)19-14-4-6-15(7-5-14)22-10-8-21(9-11-22)12-13-23-2;9-4-8(12)5-1-2-6(10)7(11)3-5;;;;/h2-7,14H,8-13,26H2,1H3,(H,27,28);4-7H,3,8-13H2,1-2H3,(H3,18,19,20,24);1-3H,4H2;2*1H4;1H;1H3. The second-order valence-corrected chi connectivity index (χ2v) is 18.8. The van der Waals surface area contributed by atoms with Crippen LogP contribution in [0.25, 0.3) is 0 Å². The number of alkyl halides is 1. The highest BCUT2D eigenvalue weighted by atomic mass is 79.9. The molecule has 0 bridgehead atoms. The number of carbonyl (C=O) groups excluding carboxylic acids is 2. The normalized spacial score (nSPS) is 13.5. The first-order valence-corrected chi connectivity index (χ1v) is 25.5. The number of aromatic nitrogens is 1. The number of benzene rings is 4. The van der Waals surface area contributed by atoms with Gasteiger partial charge in [-0.05, 0) is 103 Å². The van der Waals surface area contributed by atoms with Gasteiger partial charge in [-0.3, -0.25) is 19.4 Å². The average molecular weight is 1240 g/mol. The number of piperazine rings is 2. The molecule has 24 heteroatoms. The summed E-state index contributed by atoms with van der Waals surface area (Å²) in [7, 11) is 3.47. The van der Waals surface area contributed by atoms with Crippen LogP contribution in [0.5, 0.6) is 0 Å². The number of hydrogen-bond donors (Lipinski definition) is 4. The summed E-state index contributed by atoms with van der Waals surface area (Å²) in [5.74, 6) is -3.89. The third-order valence-electron chi connectivity index (χ3n) is 10.8.